The molecule has 0 aromatic heterocycles. The van der Waals surface area contributed by atoms with E-state index in [0.29, 0.717) is 12.2 Å². The highest BCUT2D eigenvalue weighted by atomic mass is 32.2. The third-order valence-electron chi connectivity index (χ3n) is 3.41. The Kier molecular flexibility index (Phi) is 8.64. The molecular formula is C17H26OS. The van der Waals surface area contributed by atoms with Crippen molar-refractivity contribution in [3.05, 3.63) is 29.8 Å². The number of rotatable bonds is 10. The summed E-state index contributed by atoms with van der Waals surface area (Å²) in [6.45, 7) is 2.24. The highest BCUT2D eigenvalue weighted by Gasteiger charge is 2.09. The molecule has 0 radical (unpaired) electrons. The van der Waals surface area contributed by atoms with E-state index in [0.717, 1.165) is 16.9 Å². The average Bonchev–Trinajstić information content (AvgIpc) is 2.46. The van der Waals surface area contributed by atoms with Crippen LogP contribution >= 0.6 is 11.8 Å². The van der Waals surface area contributed by atoms with Crippen molar-refractivity contribution < 1.29 is 4.79 Å². The molecule has 0 saturated heterocycles. The number of hydrogen-bond acceptors (Lipinski definition) is 2. The monoisotopic (exact) mass is 278 g/mol. The largest absolute Gasteiger partial charge is 0.294 e. The maximum atomic E-state index is 12.1. The molecule has 0 saturated carbocycles. The molecule has 1 nitrogen and oxygen atoms in total. The van der Waals surface area contributed by atoms with Gasteiger partial charge in [0.2, 0.25) is 0 Å². The van der Waals surface area contributed by atoms with Gasteiger partial charge < -0.3 is 0 Å². The highest BCUT2D eigenvalue weighted by molar-refractivity contribution is 7.98. The highest BCUT2D eigenvalue weighted by Crippen LogP contribution is 2.22. The summed E-state index contributed by atoms with van der Waals surface area (Å²) in [5.74, 6) is 0.304. The molecule has 0 N–H and O–H groups in total. The lowest BCUT2D eigenvalue weighted by molar-refractivity contribution is 0.0976. The molecule has 0 amide bonds. The number of carbonyl (C=O) groups excluding carboxylic acids is 1. The fourth-order valence-corrected chi connectivity index (χ4v) is 2.87. The fourth-order valence-electron chi connectivity index (χ4n) is 2.25. The maximum Gasteiger partial charge on any atom is 0.163 e. The van der Waals surface area contributed by atoms with Crippen LogP contribution in [0.1, 0.15) is 68.6 Å². The van der Waals surface area contributed by atoms with Gasteiger partial charge in [-0.25, -0.2) is 0 Å². The van der Waals surface area contributed by atoms with Crippen molar-refractivity contribution in [3.8, 4) is 0 Å². The Bertz CT molecular complexity index is 373. The van der Waals surface area contributed by atoms with Crippen molar-refractivity contribution in [1.82, 2.24) is 0 Å². The second kappa shape index (κ2) is 10.1. The van der Waals surface area contributed by atoms with Crippen molar-refractivity contribution in [2.75, 3.05) is 6.26 Å². The van der Waals surface area contributed by atoms with Gasteiger partial charge in [0.15, 0.2) is 5.78 Å². The van der Waals surface area contributed by atoms with Crippen LogP contribution in [-0.4, -0.2) is 12.0 Å². The number of hydrogen-bond donors (Lipinski definition) is 0. The van der Waals surface area contributed by atoms with Crippen LogP contribution in [0.4, 0.5) is 0 Å². The van der Waals surface area contributed by atoms with Crippen LogP contribution in [-0.2, 0) is 0 Å². The van der Waals surface area contributed by atoms with Crippen molar-refractivity contribution in [2.45, 2.75) is 63.2 Å². The first-order chi connectivity index (χ1) is 9.29. The summed E-state index contributed by atoms with van der Waals surface area (Å²) in [4.78, 5) is 13.3. The van der Waals surface area contributed by atoms with Crippen molar-refractivity contribution in [2.24, 2.45) is 0 Å². The summed E-state index contributed by atoms with van der Waals surface area (Å²) >= 11 is 1.66. The second-order valence-corrected chi connectivity index (χ2v) is 5.84. The second-order valence-electron chi connectivity index (χ2n) is 4.99. The Hall–Kier alpha value is -0.760. The normalized spacial score (nSPS) is 10.6. The predicted molar refractivity (Wildman–Crippen MR) is 85.2 cm³/mol. The number of ketones is 1. The molecule has 1 aromatic rings. The van der Waals surface area contributed by atoms with Gasteiger partial charge in [-0.3, -0.25) is 4.79 Å². The van der Waals surface area contributed by atoms with Gasteiger partial charge in [0.1, 0.15) is 0 Å². The lowest BCUT2D eigenvalue weighted by Crippen LogP contribution is -2.00. The van der Waals surface area contributed by atoms with Crippen molar-refractivity contribution in [3.63, 3.8) is 0 Å². The molecule has 2 heteroatoms. The Balaban J connectivity index is 2.24. The Morgan fingerprint density at radius 1 is 1.00 bits per heavy atom. The molecule has 0 atom stereocenters. The minimum Gasteiger partial charge on any atom is -0.294 e. The quantitative estimate of drug-likeness (QED) is 0.309. The summed E-state index contributed by atoms with van der Waals surface area (Å²) in [7, 11) is 0. The van der Waals surface area contributed by atoms with Gasteiger partial charge >= 0.3 is 0 Å². The van der Waals surface area contributed by atoms with Gasteiger partial charge in [0.05, 0.1) is 0 Å². The number of thioether (sulfide) groups is 1. The smallest absolute Gasteiger partial charge is 0.163 e. The van der Waals surface area contributed by atoms with E-state index in [1.54, 1.807) is 11.8 Å². The molecular weight excluding hydrogens is 252 g/mol. The Morgan fingerprint density at radius 2 is 1.63 bits per heavy atom. The molecule has 0 heterocycles. The summed E-state index contributed by atoms with van der Waals surface area (Å²) < 4.78 is 0. The van der Waals surface area contributed by atoms with E-state index in [4.69, 9.17) is 0 Å². The van der Waals surface area contributed by atoms with E-state index >= 15 is 0 Å². The van der Waals surface area contributed by atoms with E-state index in [1.165, 1.54) is 38.5 Å². The number of Topliss-reactive ketones (excluding diaryl/α,β-unsaturated/α-hetero) is 1. The fraction of sp³-hybridized carbons (Fsp3) is 0.588. The zero-order valence-electron chi connectivity index (χ0n) is 12.3. The minimum absolute atomic E-state index is 0.304. The first kappa shape index (κ1) is 16.3. The minimum atomic E-state index is 0.304. The zero-order chi connectivity index (χ0) is 13.9. The van der Waals surface area contributed by atoms with E-state index < -0.39 is 0 Å². The van der Waals surface area contributed by atoms with Crippen molar-refractivity contribution in [1.29, 1.82) is 0 Å². The topological polar surface area (TPSA) is 17.1 Å². The van der Waals surface area contributed by atoms with Crippen LogP contribution in [0.5, 0.6) is 0 Å². The van der Waals surface area contributed by atoms with Crippen LogP contribution in [0.3, 0.4) is 0 Å². The van der Waals surface area contributed by atoms with Gasteiger partial charge in [-0.1, -0.05) is 63.6 Å². The lowest BCUT2D eigenvalue weighted by Gasteiger charge is -2.06. The molecule has 1 rings (SSSR count). The number of unbranched alkanes of at least 4 members (excludes halogenated alkanes) is 6. The molecule has 0 fully saturated rings. The zero-order valence-corrected chi connectivity index (χ0v) is 13.1. The molecule has 0 spiro atoms. The molecule has 1 aromatic carbocycles. The van der Waals surface area contributed by atoms with Crippen molar-refractivity contribution >= 4 is 17.5 Å². The average molecular weight is 278 g/mol. The Morgan fingerprint density at radius 3 is 2.32 bits per heavy atom. The summed E-state index contributed by atoms with van der Waals surface area (Å²) in [6.07, 6.45) is 11.5. The SMILES string of the molecule is CCCCCCCCCC(=O)c1ccccc1SC. The van der Waals surface area contributed by atoms with E-state index in [9.17, 15) is 4.79 Å². The summed E-state index contributed by atoms with van der Waals surface area (Å²) in [5.41, 5.74) is 0.904. The third-order valence-corrected chi connectivity index (χ3v) is 4.21. The lowest BCUT2D eigenvalue weighted by atomic mass is 10.0. The van der Waals surface area contributed by atoms with Crippen LogP contribution in [0.15, 0.2) is 29.2 Å². The van der Waals surface area contributed by atoms with Gasteiger partial charge in [-0.05, 0) is 18.7 Å². The standard InChI is InChI=1S/C17H26OS/c1-3-4-5-6-7-8-9-13-16(18)15-12-10-11-14-17(15)19-2/h10-12,14H,3-9,13H2,1-2H3. The molecule has 0 bridgehead atoms. The molecule has 0 aliphatic rings. The van der Waals surface area contributed by atoms with Crippen LogP contribution < -0.4 is 0 Å². The van der Waals surface area contributed by atoms with Crippen LogP contribution in [0, 0.1) is 0 Å². The molecule has 0 aliphatic heterocycles. The number of benzene rings is 1. The number of carbonyl (C=O) groups is 1. The first-order valence-corrected chi connectivity index (χ1v) is 8.68. The predicted octanol–water partition coefficient (Wildman–Crippen LogP) is 5.73. The molecule has 106 valence electrons. The van der Waals surface area contributed by atoms with E-state index in [-0.39, 0.29) is 0 Å². The Labute approximate surface area is 122 Å². The van der Waals surface area contributed by atoms with Crippen LogP contribution in [0.25, 0.3) is 0 Å². The van der Waals surface area contributed by atoms with Gasteiger partial charge in [-0.2, -0.15) is 0 Å². The first-order valence-electron chi connectivity index (χ1n) is 7.45. The molecule has 0 aliphatic carbocycles. The summed E-state index contributed by atoms with van der Waals surface area (Å²) in [6, 6.07) is 7.94. The van der Waals surface area contributed by atoms with E-state index in [1.807, 2.05) is 30.5 Å². The van der Waals surface area contributed by atoms with Gasteiger partial charge in [0.25, 0.3) is 0 Å². The van der Waals surface area contributed by atoms with E-state index in [2.05, 4.69) is 6.92 Å². The third kappa shape index (κ3) is 6.29. The van der Waals surface area contributed by atoms with Crippen LogP contribution in [0.2, 0.25) is 0 Å². The maximum absolute atomic E-state index is 12.1. The van der Waals surface area contributed by atoms with Gasteiger partial charge in [-0.15, -0.1) is 11.8 Å². The molecule has 19 heavy (non-hydrogen) atoms. The molecule has 0 unspecified atom stereocenters. The van der Waals surface area contributed by atoms with Gasteiger partial charge in [0, 0.05) is 16.9 Å². The summed E-state index contributed by atoms with van der Waals surface area (Å²) in [5, 5.41) is 0.